The van der Waals surface area contributed by atoms with Crippen LogP contribution in [0.25, 0.3) is 0 Å². The molecule has 2 amide bonds. The number of hydrogen-bond donors (Lipinski definition) is 1. The second-order valence-electron chi connectivity index (χ2n) is 6.89. The molecule has 6 nitrogen and oxygen atoms in total. The van der Waals surface area contributed by atoms with E-state index in [-0.39, 0.29) is 12.6 Å². The van der Waals surface area contributed by atoms with E-state index < -0.39 is 38.3 Å². The largest absolute Gasteiger partial charge is 0.416 e. The maximum Gasteiger partial charge on any atom is 0.416 e. The predicted molar refractivity (Wildman–Crippen MR) is 107 cm³/mol. The van der Waals surface area contributed by atoms with E-state index in [4.69, 9.17) is 0 Å². The number of urea groups is 1. The topological polar surface area (TPSA) is 69.7 Å². The maximum absolute atomic E-state index is 12.8. The Bertz CT molecular complexity index is 763. The summed E-state index contributed by atoms with van der Waals surface area (Å²) in [6, 6.07) is 2.98. The molecule has 0 saturated carbocycles. The zero-order chi connectivity index (χ0) is 22.2. The number of benzene rings is 1. The molecule has 0 fully saturated rings. The number of nitrogens with zero attached hydrogens (tertiary/aromatic N) is 2. The quantitative estimate of drug-likeness (QED) is 0.610. The summed E-state index contributed by atoms with van der Waals surface area (Å²) in [5.74, 6) is -0.462. The molecule has 166 valence electrons. The van der Waals surface area contributed by atoms with Crippen molar-refractivity contribution in [2.75, 3.05) is 38.5 Å². The monoisotopic (exact) mass is 437 g/mol. The Kier molecular flexibility index (Phi) is 9.41. The fourth-order valence-electron chi connectivity index (χ4n) is 2.76. The highest BCUT2D eigenvalue weighted by molar-refractivity contribution is 7.91. The van der Waals surface area contributed by atoms with E-state index in [1.807, 2.05) is 13.8 Å². The Morgan fingerprint density at radius 2 is 1.76 bits per heavy atom. The zero-order valence-electron chi connectivity index (χ0n) is 17.3. The van der Waals surface area contributed by atoms with Crippen LogP contribution in [0.3, 0.4) is 0 Å². The lowest BCUT2D eigenvalue weighted by molar-refractivity contribution is -0.137. The predicted octanol–water partition coefficient (Wildman–Crippen LogP) is 3.24. The summed E-state index contributed by atoms with van der Waals surface area (Å²) in [4.78, 5) is 15.5. The van der Waals surface area contributed by atoms with Crippen LogP contribution in [0, 0.1) is 0 Å². The van der Waals surface area contributed by atoms with Gasteiger partial charge in [-0.1, -0.05) is 19.9 Å². The van der Waals surface area contributed by atoms with Crippen LogP contribution in [-0.4, -0.2) is 68.8 Å². The highest BCUT2D eigenvalue weighted by Crippen LogP contribution is 2.30. The van der Waals surface area contributed by atoms with Gasteiger partial charge in [0.05, 0.1) is 16.2 Å². The molecule has 0 heterocycles. The molecule has 0 aromatic heterocycles. The molecule has 29 heavy (non-hydrogen) atoms. The van der Waals surface area contributed by atoms with Gasteiger partial charge in [0.25, 0.3) is 0 Å². The number of alkyl halides is 3. The Morgan fingerprint density at radius 1 is 1.14 bits per heavy atom. The van der Waals surface area contributed by atoms with Crippen LogP contribution >= 0.6 is 0 Å². The summed E-state index contributed by atoms with van der Waals surface area (Å²) in [6.07, 6.45) is -4.62. The molecular formula is C19H30F3N3O3S. The minimum absolute atomic E-state index is 0.118. The van der Waals surface area contributed by atoms with E-state index in [0.29, 0.717) is 19.2 Å². The van der Waals surface area contributed by atoms with E-state index in [1.165, 1.54) is 4.90 Å². The number of amides is 2. The number of nitrogens with one attached hydrogen (secondary N) is 1. The van der Waals surface area contributed by atoms with Gasteiger partial charge in [-0.15, -0.1) is 0 Å². The van der Waals surface area contributed by atoms with Crippen molar-refractivity contribution in [2.45, 2.75) is 44.8 Å². The van der Waals surface area contributed by atoms with Crippen LogP contribution in [0.4, 0.5) is 18.0 Å². The molecule has 0 radical (unpaired) electrons. The Balaban J connectivity index is 2.79. The molecular weight excluding hydrogens is 407 g/mol. The lowest BCUT2D eigenvalue weighted by atomic mass is 10.2. The van der Waals surface area contributed by atoms with Crippen molar-refractivity contribution >= 4 is 15.9 Å². The highest BCUT2D eigenvalue weighted by atomic mass is 32.2. The standard InChI is InChI=1S/C19H30F3N3O3S/c1-5-24(6-2)11-10-23-18(26)25(15(3)4)12-13-29(27,28)17-9-7-8-16(14-17)19(20,21)22/h7-9,14-15H,5-6,10-13H2,1-4H3,(H,23,26). The van der Waals surface area contributed by atoms with Gasteiger partial charge in [-0.2, -0.15) is 13.2 Å². The van der Waals surface area contributed by atoms with Gasteiger partial charge in [-0.25, -0.2) is 13.2 Å². The molecule has 1 rings (SSSR count). The van der Waals surface area contributed by atoms with Gasteiger partial charge in [0, 0.05) is 25.7 Å². The Labute approximate surface area is 171 Å². The number of sulfone groups is 1. The van der Waals surface area contributed by atoms with E-state index >= 15 is 0 Å². The summed E-state index contributed by atoms with van der Waals surface area (Å²) in [5, 5.41) is 2.77. The van der Waals surface area contributed by atoms with E-state index in [1.54, 1.807) is 13.8 Å². The first-order chi connectivity index (χ1) is 13.4. The molecule has 0 atom stereocenters. The van der Waals surface area contributed by atoms with Gasteiger partial charge < -0.3 is 15.1 Å². The summed E-state index contributed by atoms with van der Waals surface area (Å²) < 4.78 is 63.6. The fraction of sp³-hybridized carbons (Fsp3) is 0.632. The molecule has 0 saturated heterocycles. The van der Waals surface area contributed by atoms with Crippen molar-refractivity contribution in [3.05, 3.63) is 29.8 Å². The first-order valence-electron chi connectivity index (χ1n) is 9.59. The van der Waals surface area contributed by atoms with Gasteiger partial charge in [0.15, 0.2) is 9.84 Å². The first-order valence-corrected chi connectivity index (χ1v) is 11.2. The zero-order valence-corrected chi connectivity index (χ0v) is 18.1. The molecule has 0 bridgehead atoms. The van der Waals surface area contributed by atoms with E-state index in [0.717, 1.165) is 31.3 Å². The van der Waals surface area contributed by atoms with E-state index in [2.05, 4.69) is 10.2 Å². The Hall–Kier alpha value is -1.81. The van der Waals surface area contributed by atoms with E-state index in [9.17, 15) is 26.4 Å². The van der Waals surface area contributed by atoms with Crippen LogP contribution in [0.5, 0.6) is 0 Å². The number of carbonyl (C=O) groups excluding carboxylic acids is 1. The minimum Gasteiger partial charge on any atom is -0.337 e. The smallest absolute Gasteiger partial charge is 0.337 e. The highest BCUT2D eigenvalue weighted by Gasteiger charge is 2.32. The molecule has 0 spiro atoms. The first kappa shape index (κ1) is 25.2. The van der Waals surface area contributed by atoms with Crippen LogP contribution in [0.1, 0.15) is 33.3 Å². The van der Waals surface area contributed by atoms with Gasteiger partial charge in [-0.3, -0.25) is 0 Å². The van der Waals surface area contributed by atoms with Gasteiger partial charge >= 0.3 is 12.2 Å². The van der Waals surface area contributed by atoms with Crippen molar-refractivity contribution < 1.29 is 26.4 Å². The number of likely N-dealkylation sites (N-methyl/N-ethyl adjacent to an activating group) is 1. The molecule has 1 aromatic rings. The molecule has 0 unspecified atom stereocenters. The fourth-order valence-corrected chi connectivity index (χ4v) is 4.02. The minimum atomic E-state index is -4.62. The second kappa shape index (κ2) is 10.8. The molecule has 1 aromatic carbocycles. The molecule has 0 aliphatic heterocycles. The number of hydrogen-bond acceptors (Lipinski definition) is 4. The van der Waals surface area contributed by atoms with Crippen molar-refractivity contribution in [1.29, 1.82) is 0 Å². The third-order valence-electron chi connectivity index (χ3n) is 4.60. The third kappa shape index (κ3) is 7.85. The van der Waals surface area contributed by atoms with Crippen molar-refractivity contribution in [2.24, 2.45) is 0 Å². The molecule has 0 aliphatic carbocycles. The SMILES string of the molecule is CCN(CC)CCNC(=O)N(CCS(=O)(=O)c1cccc(C(F)(F)F)c1)C(C)C. The van der Waals surface area contributed by atoms with Crippen LogP contribution in [-0.2, 0) is 16.0 Å². The van der Waals surface area contributed by atoms with Crippen LogP contribution in [0.2, 0.25) is 0 Å². The van der Waals surface area contributed by atoms with Crippen molar-refractivity contribution in [3.8, 4) is 0 Å². The normalized spacial score (nSPS) is 12.4. The second-order valence-corrected chi connectivity index (χ2v) is 9.00. The lowest BCUT2D eigenvalue weighted by Gasteiger charge is -2.27. The van der Waals surface area contributed by atoms with Crippen LogP contribution < -0.4 is 5.32 Å². The average molecular weight is 438 g/mol. The number of rotatable bonds is 10. The van der Waals surface area contributed by atoms with Crippen molar-refractivity contribution in [3.63, 3.8) is 0 Å². The maximum atomic E-state index is 12.8. The van der Waals surface area contributed by atoms with Crippen molar-refractivity contribution in [1.82, 2.24) is 15.1 Å². The number of halogens is 3. The summed E-state index contributed by atoms with van der Waals surface area (Å²) in [7, 11) is -3.98. The van der Waals surface area contributed by atoms with Gasteiger partial charge in [-0.05, 0) is 45.1 Å². The molecule has 1 N–H and O–H groups in total. The third-order valence-corrected chi connectivity index (χ3v) is 6.30. The average Bonchev–Trinajstić information content (AvgIpc) is 2.64. The van der Waals surface area contributed by atoms with Crippen LogP contribution in [0.15, 0.2) is 29.2 Å². The Morgan fingerprint density at radius 3 is 2.28 bits per heavy atom. The summed E-state index contributed by atoms with van der Waals surface area (Å²) in [5.41, 5.74) is -1.02. The van der Waals surface area contributed by atoms with Gasteiger partial charge in [0.1, 0.15) is 0 Å². The summed E-state index contributed by atoms with van der Waals surface area (Å²) >= 11 is 0. The number of carbonyl (C=O) groups is 1. The lowest BCUT2D eigenvalue weighted by Crippen LogP contribution is -2.47. The molecule has 0 aliphatic rings. The van der Waals surface area contributed by atoms with Gasteiger partial charge in [0.2, 0.25) is 0 Å². The summed E-state index contributed by atoms with van der Waals surface area (Å²) in [6.45, 7) is 10.2. The molecule has 10 heteroatoms.